The second-order valence-corrected chi connectivity index (χ2v) is 7.12. The van der Waals surface area contributed by atoms with Crippen molar-refractivity contribution in [2.75, 3.05) is 6.54 Å². The van der Waals surface area contributed by atoms with E-state index in [1.165, 1.54) is 22.6 Å². The molecule has 92 valence electrons. The van der Waals surface area contributed by atoms with Gasteiger partial charge in [-0.25, -0.2) is 0 Å². The maximum Gasteiger partial charge on any atom is 0.0649 e. The number of thiophene rings is 1. The average molecular weight is 265 g/mol. The van der Waals surface area contributed by atoms with E-state index in [9.17, 15) is 0 Å². The highest BCUT2D eigenvalue weighted by molar-refractivity contribution is 8.01. The molecular weight excluding hydrogens is 246 g/mol. The van der Waals surface area contributed by atoms with Crippen molar-refractivity contribution in [3.8, 4) is 12.3 Å². The first kappa shape index (κ1) is 13.0. The normalized spacial score (nSPS) is 23.1. The summed E-state index contributed by atoms with van der Waals surface area (Å²) in [5.74, 6) is 2.70. The number of hydrogen-bond donors (Lipinski definition) is 1. The van der Waals surface area contributed by atoms with Crippen molar-refractivity contribution in [1.29, 1.82) is 0 Å². The van der Waals surface area contributed by atoms with E-state index in [-0.39, 0.29) is 0 Å². The summed E-state index contributed by atoms with van der Waals surface area (Å²) < 4.78 is 1.50. The summed E-state index contributed by atoms with van der Waals surface area (Å²) in [6, 6.07) is 2.83. The predicted molar refractivity (Wildman–Crippen MR) is 77.7 cm³/mol. The molecule has 0 spiro atoms. The number of rotatable bonds is 5. The van der Waals surface area contributed by atoms with E-state index in [2.05, 4.69) is 29.6 Å². The van der Waals surface area contributed by atoms with Gasteiger partial charge in [0.2, 0.25) is 0 Å². The third-order valence-electron chi connectivity index (χ3n) is 3.05. The zero-order chi connectivity index (χ0) is 12.1. The first-order valence-electron chi connectivity index (χ1n) is 6.22. The van der Waals surface area contributed by atoms with Crippen molar-refractivity contribution in [3.63, 3.8) is 0 Å². The van der Waals surface area contributed by atoms with Gasteiger partial charge in [0.1, 0.15) is 0 Å². The molecule has 1 aromatic heterocycles. The molecule has 0 aliphatic carbocycles. The number of thioether (sulfide) groups is 1. The van der Waals surface area contributed by atoms with Crippen LogP contribution in [0.15, 0.2) is 15.7 Å². The second-order valence-electron chi connectivity index (χ2n) is 4.50. The molecule has 2 rings (SSSR count). The fourth-order valence-electron chi connectivity index (χ4n) is 2.17. The summed E-state index contributed by atoms with van der Waals surface area (Å²) in [7, 11) is 0. The van der Waals surface area contributed by atoms with Crippen LogP contribution in [0.2, 0.25) is 0 Å². The summed E-state index contributed by atoms with van der Waals surface area (Å²) in [5.41, 5.74) is 1.51. The van der Waals surface area contributed by atoms with Crippen LogP contribution in [0, 0.1) is 12.3 Å². The van der Waals surface area contributed by atoms with Crippen LogP contribution in [-0.2, 0) is 0 Å². The number of unbranched alkanes of at least 4 members (excludes halogenated alkanes) is 2. The quantitative estimate of drug-likeness (QED) is 0.636. The average Bonchev–Trinajstić information content (AvgIpc) is 2.76. The van der Waals surface area contributed by atoms with Crippen molar-refractivity contribution in [2.24, 2.45) is 0 Å². The van der Waals surface area contributed by atoms with E-state index >= 15 is 0 Å². The molecule has 0 saturated heterocycles. The van der Waals surface area contributed by atoms with Crippen LogP contribution in [0.3, 0.4) is 0 Å². The first-order valence-corrected chi connectivity index (χ1v) is 7.98. The van der Waals surface area contributed by atoms with Crippen LogP contribution < -0.4 is 5.32 Å². The van der Waals surface area contributed by atoms with Crippen LogP contribution in [0.1, 0.15) is 44.2 Å². The van der Waals surface area contributed by atoms with Gasteiger partial charge in [-0.2, -0.15) is 0 Å². The number of fused-ring (bicyclic) bond motifs is 1. The first-order chi connectivity index (χ1) is 8.31. The smallest absolute Gasteiger partial charge is 0.0649 e. The van der Waals surface area contributed by atoms with E-state index in [0.717, 1.165) is 24.6 Å². The Hall–Kier alpha value is -0.430. The lowest BCUT2D eigenvalue weighted by atomic mass is 10.0. The van der Waals surface area contributed by atoms with Crippen molar-refractivity contribution in [2.45, 2.75) is 48.1 Å². The summed E-state index contributed by atoms with van der Waals surface area (Å²) in [4.78, 5) is 0. The van der Waals surface area contributed by atoms with E-state index in [1.807, 2.05) is 23.1 Å². The molecular formula is C14H19NS2. The molecule has 2 atom stereocenters. The van der Waals surface area contributed by atoms with Crippen LogP contribution in [0.4, 0.5) is 0 Å². The Balaban J connectivity index is 1.84. The highest BCUT2D eigenvalue weighted by Gasteiger charge is 2.25. The molecule has 0 fully saturated rings. The summed E-state index contributed by atoms with van der Waals surface area (Å²) in [6.07, 6.45) is 9.71. The molecule has 0 saturated carbocycles. The van der Waals surface area contributed by atoms with Gasteiger partial charge in [-0.05, 0) is 42.8 Å². The van der Waals surface area contributed by atoms with Crippen LogP contribution in [0.5, 0.6) is 0 Å². The minimum atomic E-state index is 0.554. The topological polar surface area (TPSA) is 12.0 Å². The Morgan fingerprint density at radius 3 is 3.24 bits per heavy atom. The predicted octanol–water partition coefficient (Wildman–Crippen LogP) is 4.07. The summed E-state index contributed by atoms with van der Waals surface area (Å²) in [5, 5.41) is 6.62. The summed E-state index contributed by atoms with van der Waals surface area (Å²) in [6.45, 7) is 3.40. The van der Waals surface area contributed by atoms with Crippen LogP contribution in [0.25, 0.3) is 0 Å². The molecule has 0 bridgehead atoms. The number of terminal acetylenes is 1. The zero-order valence-electron chi connectivity index (χ0n) is 10.2. The zero-order valence-corrected chi connectivity index (χ0v) is 11.9. The maximum absolute atomic E-state index is 5.25. The maximum atomic E-state index is 5.25. The van der Waals surface area contributed by atoms with Crippen LogP contribution in [-0.4, -0.2) is 11.8 Å². The molecule has 1 aliphatic heterocycles. The molecule has 1 aliphatic rings. The molecule has 1 nitrogen and oxygen atoms in total. The fraction of sp³-hybridized carbons (Fsp3) is 0.571. The number of nitrogens with one attached hydrogen (secondary N) is 1. The van der Waals surface area contributed by atoms with Gasteiger partial charge in [0.25, 0.3) is 0 Å². The molecule has 1 N–H and O–H groups in total. The SMILES string of the molecule is C#CCCCCNC1C[C@H](C)Sc2sccc21. The van der Waals surface area contributed by atoms with Gasteiger partial charge in [0, 0.05) is 17.7 Å². The Bertz CT molecular complexity index is 391. The Morgan fingerprint density at radius 2 is 2.41 bits per heavy atom. The van der Waals surface area contributed by atoms with Crippen molar-refractivity contribution in [1.82, 2.24) is 5.32 Å². The lowest BCUT2D eigenvalue weighted by Gasteiger charge is -2.27. The molecule has 0 amide bonds. The van der Waals surface area contributed by atoms with Crippen molar-refractivity contribution >= 4 is 23.1 Å². The molecule has 0 radical (unpaired) electrons. The third kappa shape index (κ3) is 3.51. The molecule has 1 unspecified atom stereocenters. The van der Waals surface area contributed by atoms with Crippen molar-refractivity contribution < 1.29 is 0 Å². The lowest BCUT2D eigenvalue weighted by molar-refractivity contribution is 0.478. The minimum Gasteiger partial charge on any atom is -0.310 e. The van der Waals surface area contributed by atoms with Gasteiger partial charge < -0.3 is 5.32 Å². The Labute approximate surface area is 112 Å². The standard InChI is InChI=1S/C14H19NS2/c1-3-4-5-6-8-15-13-10-11(2)17-14-12(13)7-9-16-14/h1,7,9,11,13,15H,4-6,8,10H2,2H3/t11-,13?/m0/s1. The van der Waals surface area contributed by atoms with Gasteiger partial charge in [-0.1, -0.05) is 6.92 Å². The third-order valence-corrected chi connectivity index (χ3v) is 5.39. The molecule has 2 heterocycles. The van der Waals surface area contributed by atoms with Gasteiger partial charge >= 0.3 is 0 Å². The Morgan fingerprint density at radius 1 is 1.53 bits per heavy atom. The van der Waals surface area contributed by atoms with Crippen LogP contribution >= 0.6 is 23.1 Å². The van der Waals surface area contributed by atoms with Gasteiger partial charge in [0.15, 0.2) is 0 Å². The molecule has 1 aromatic rings. The second kappa shape index (κ2) is 6.49. The van der Waals surface area contributed by atoms with E-state index in [0.29, 0.717) is 6.04 Å². The minimum absolute atomic E-state index is 0.554. The number of hydrogen-bond acceptors (Lipinski definition) is 3. The van der Waals surface area contributed by atoms with E-state index < -0.39 is 0 Å². The molecule has 3 heteroatoms. The largest absolute Gasteiger partial charge is 0.310 e. The summed E-state index contributed by atoms with van der Waals surface area (Å²) >= 11 is 3.90. The fourth-order valence-corrected chi connectivity index (χ4v) is 4.74. The lowest BCUT2D eigenvalue weighted by Crippen LogP contribution is -2.27. The monoisotopic (exact) mass is 265 g/mol. The highest BCUT2D eigenvalue weighted by atomic mass is 32.2. The van der Waals surface area contributed by atoms with Gasteiger partial charge in [-0.3, -0.25) is 0 Å². The Kier molecular flexibility index (Phi) is 4.97. The van der Waals surface area contributed by atoms with E-state index in [4.69, 9.17) is 6.42 Å². The van der Waals surface area contributed by atoms with Gasteiger partial charge in [0.05, 0.1) is 4.21 Å². The highest BCUT2D eigenvalue weighted by Crippen LogP contribution is 2.43. The van der Waals surface area contributed by atoms with Crippen molar-refractivity contribution in [3.05, 3.63) is 17.0 Å². The molecule has 17 heavy (non-hydrogen) atoms. The van der Waals surface area contributed by atoms with Gasteiger partial charge in [-0.15, -0.1) is 35.4 Å². The van der Waals surface area contributed by atoms with E-state index in [1.54, 1.807) is 0 Å². The molecule has 0 aromatic carbocycles.